The topological polar surface area (TPSA) is 79.9 Å². The van der Waals surface area contributed by atoms with Crippen molar-refractivity contribution in [2.75, 3.05) is 26.2 Å². The molecule has 2 amide bonds. The summed E-state index contributed by atoms with van der Waals surface area (Å²) < 4.78 is 10.6. The van der Waals surface area contributed by atoms with E-state index in [1.54, 1.807) is 4.90 Å². The Bertz CT molecular complexity index is 461. The van der Waals surface area contributed by atoms with E-state index >= 15 is 0 Å². The number of carbonyl (C=O) groups excluding carboxylic acids is 2. The molecule has 2 N–H and O–H groups in total. The van der Waals surface area contributed by atoms with Crippen molar-refractivity contribution in [2.45, 2.75) is 90.9 Å². The van der Waals surface area contributed by atoms with Crippen LogP contribution in [0.1, 0.15) is 73.6 Å². The molecule has 7 heteroatoms. The third kappa shape index (κ3) is 11.7. The van der Waals surface area contributed by atoms with Crippen LogP contribution in [0.2, 0.25) is 0 Å². The van der Waals surface area contributed by atoms with Gasteiger partial charge in [-0.05, 0) is 73.8 Å². The number of ether oxygens (including phenoxy) is 2. The van der Waals surface area contributed by atoms with Crippen molar-refractivity contribution in [3.05, 3.63) is 0 Å². The highest BCUT2D eigenvalue weighted by Gasteiger charge is 2.26. The molecule has 1 aliphatic heterocycles. The Morgan fingerprint density at radius 2 is 1.44 bits per heavy atom. The van der Waals surface area contributed by atoms with E-state index in [0.717, 1.165) is 51.7 Å². The van der Waals surface area contributed by atoms with Gasteiger partial charge in [0.05, 0.1) is 0 Å². The zero-order chi connectivity index (χ0) is 20.5. The smallest absolute Gasteiger partial charge is 0.410 e. The highest BCUT2D eigenvalue weighted by Crippen LogP contribution is 2.15. The second kappa shape index (κ2) is 10.7. The summed E-state index contributed by atoms with van der Waals surface area (Å²) in [6.45, 7) is 14.3. The zero-order valence-electron chi connectivity index (χ0n) is 18.0. The van der Waals surface area contributed by atoms with Crippen molar-refractivity contribution >= 4 is 12.2 Å². The molecule has 0 aliphatic carbocycles. The lowest BCUT2D eigenvalue weighted by Crippen LogP contribution is -2.46. The van der Waals surface area contributed by atoms with Gasteiger partial charge < -0.3 is 25.0 Å². The fourth-order valence-corrected chi connectivity index (χ4v) is 2.83. The van der Waals surface area contributed by atoms with Crippen LogP contribution < -0.4 is 10.6 Å². The molecule has 0 bridgehead atoms. The molecule has 0 aromatic heterocycles. The summed E-state index contributed by atoms with van der Waals surface area (Å²) in [5, 5.41) is 6.35. The van der Waals surface area contributed by atoms with Gasteiger partial charge in [-0.2, -0.15) is 0 Å². The molecule has 0 spiro atoms. The van der Waals surface area contributed by atoms with Crippen LogP contribution in [-0.4, -0.2) is 60.5 Å². The number of nitrogens with one attached hydrogen (secondary N) is 2. The summed E-state index contributed by atoms with van der Waals surface area (Å²) in [4.78, 5) is 25.4. The lowest BCUT2D eigenvalue weighted by molar-refractivity contribution is 0.0198. The molecule has 0 radical (unpaired) electrons. The Morgan fingerprint density at radius 3 is 2.00 bits per heavy atom. The molecule has 27 heavy (non-hydrogen) atoms. The van der Waals surface area contributed by atoms with Gasteiger partial charge >= 0.3 is 12.2 Å². The van der Waals surface area contributed by atoms with E-state index in [9.17, 15) is 9.59 Å². The van der Waals surface area contributed by atoms with Crippen molar-refractivity contribution in [2.24, 2.45) is 0 Å². The molecule has 1 aliphatic rings. The molecular formula is C20H39N3O4. The molecule has 0 atom stereocenters. The number of unbranched alkanes of at least 4 members (excludes halogenated alkanes) is 2. The standard InChI is InChI=1S/C20H39N3O4/c1-19(2,3)26-17(24)22-13-9-7-8-12-21-16-10-14-23(15-11-16)18(25)27-20(4,5)6/h16,21H,7-15H2,1-6H3,(H,22,24). The van der Waals surface area contributed by atoms with Crippen LogP contribution in [0.5, 0.6) is 0 Å². The van der Waals surface area contributed by atoms with Crippen molar-refractivity contribution < 1.29 is 19.1 Å². The fourth-order valence-electron chi connectivity index (χ4n) is 2.83. The van der Waals surface area contributed by atoms with Crippen LogP contribution in [0.3, 0.4) is 0 Å². The first kappa shape index (κ1) is 23.5. The monoisotopic (exact) mass is 385 g/mol. The fraction of sp³-hybridized carbons (Fsp3) is 0.900. The number of rotatable bonds is 7. The van der Waals surface area contributed by atoms with E-state index in [0.29, 0.717) is 12.6 Å². The molecule has 0 saturated carbocycles. The number of nitrogens with zero attached hydrogens (tertiary/aromatic N) is 1. The summed E-state index contributed by atoms with van der Waals surface area (Å²) in [6, 6.07) is 0.462. The summed E-state index contributed by atoms with van der Waals surface area (Å²) in [5.74, 6) is 0. The van der Waals surface area contributed by atoms with E-state index in [1.807, 2.05) is 41.5 Å². The minimum atomic E-state index is -0.451. The van der Waals surface area contributed by atoms with Gasteiger partial charge in [0, 0.05) is 25.7 Å². The Balaban J connectivity index is 2.03. The van der Waals surface area contributed by atoms with Crippen molar-refractivity contribution in [1.82, 2.24) is 15.5 Å². The molecular weight excluding hydrogens is 346 g/mol. The lowest BCUT2D eigenvalue weighted by atomic mass is 10.1. The average Bonchev–Trinajstić information content (AvgIpc) is 2.51. The van der Waals surface area contributed by atoms with E-state index in [-0.39, 0.29) is 12.2 Å². The highest BCUT2D eigenvalue weighted by molar-refractivity contribution is 5.68. The minimum Gasteiger partial charge on any atom is -0.444 e. The Kier molecular flexibility index (Phi) is 9.36. The number of hydrogen-bond donors (Lipinski definition) is 2. The van der Waals surface area contributed by atoms with Gasteiger partial charge in [0.2, 0.25) is 0 Å². The summed E-state index contributed by atoms with van der Waals surface area (Å²) >= 11 is 0. The van der Waals surface area contributed by atoms with E-state index in [4.69, 9.17) is 9.47 Å². The van der Waals surface area contributed by atoms with E-state index in [1.165, 1.54) is 0 Å². The third-order valence-electron chi connectivity index (χ3n) is 4.10. The second-order valence-corrected chi connectivity index (χ2v) is 9.19. The summed E-state index contributed by atoms with van der Waals surface area (Å²) in [7, 11) is 0. The van der Waals surface area contributed by atoms with Crippen LogP contribution in [0, 0.1) is 0 Å². The molecule has 1 fully saturated rings. The first-order chi connectivity index (χ1) is 12.5. The Hall–Kier alpha value is -1.50. The molecule has 7 nitrogen and oxygen atoms in total. The zero-order valence-corrected chi connectivity index (χ0v) is 18.0. The van der Waals surface area contributed by atoms with Gasteiger partial charge in [-0.1, -0.05) is 6.42 Å². The average molecular weight is 386 g/mol. The van der Waals surface area contributed by atoms with Gasteiger partial charge in [-0.3, -0.25) is 0 Å². The normalized spacial score (nSPS) is 16.1. The minimum absolute atomic E-state index is 0.210. The van der Waals surface area contributed by atoms with E-state index in [2.05, 4.69) is 10.6 Å². The number of likely N-dealkylation sites (tertiary alicyclic amines) is 1. The van der Waals surface area contributed by atoms with E-state index < -0.39 is 11.2 Å². The maximum atomic E-state index is 12.1. The highest BCUT2D eigenvalue weighted by atomic mass is 16.6. The van der Waals surface area contributed by atoms with Crippen molar-refractivity contribution in [3.8, 4) is 0 Å². The maximum absolute atomic E-state index is 12.1. The number of carbonyl (C=O) groups is 2. The van der Waals surface area contributed by atoms with Crippen LogP contribution >= 0.6 is 0 Å². The van der Waals surface area contributed by atoms with Gasteiger partial charge in [0.1, 0.15) is 11.2 Å². The first-order valence-electron chi connectivity index (χ1n) is 10.1. The summed E-state index contributed by atoms with van der Waals surface area (Å²) in [5.41, 5.74) is -0.891. The predicted molar refractivity (Wildman–Crippen MR) is 107 cm³/mol. The first-order valence-corrected chi connectivity index (χ1v) is 10.1. The molecule has 1 rings (SSSR count). The number of amides is 2. The Labute approximate surface area is 164 Å². The molecule has 0 unspecified atom stereocenters. The van der Waals surface area contributed by atoms with Crippen molar-refractivity contribution in [3.63, 3.8) is 0 Å². The molecule has 0 aromatic carbocycles. The van der Waals surface area contributed by atoms with Crippen LogP contribution in [0.15, 0.2) is 0 Å². The van der Waals surface area contributed by atoms with Crippen LogP contribution in [0.4, 0.5) is 9.59 Å². The lowest BCUT2D eigenvalue weighted by Gasteiger charge is -2.33. The molecule has 158 valence electrons. The van der Waals surface area contributed by atoms with Crippen LogP contribution in [0.25, 0.3) is 0 Å². The molecule has 1 saturated heterocycles. The SMILES string of the molecule is CC(C)(C)OC(=O)NCCCCCNC1CCN(C(=O)OC(C)(C)C)CC1. The molecule has 1 heterocycles. The second-order valence-electron chi connectivity index (χ2n) is 9.19. The maximum Gasteiger partial charge on any atom is 0.410 e. The number of hydrogen-bond acceptors (Lipinski definition) is 5. The largest absolute Gasteiger partial charge is 0.444 e. The van der Waals surface area contributed by atoms with Gasteiger partial charge in [-0.15, -0.1) is 0 Å². The van der Waals surface area contributed by atoms with Crippen LogP contribution in [-0.2, 0) is 9.47 Å². The Morgan fingerprint density at radius 1 is 0.889 bits per heavy atom. The predicted octanol–water partition coefficient (Wildman–Crippen LogP) is 3.67. The number of alkyl carbamates (subject to hydrolysis) is 1. The third-order valence-corrected chi connectivity index (χ3v) is 4.10. The number of piperidine rings is 1. The van der Waals surface area contributed by atoms with Gasteiger partial charge in [-0.25, -0.2) is 9.59 Å². The summed E-state index contributed by atoms with van der Waals surface area (Å²) in [6.07, 6.45) is 4.43. The molecule has 0 aromatic rings. The van der Waals surface area contributed by atoms with Gasteiger partial charge in [0.15, 0.2) is 0 Å². The quantitative estimate of drug-likeness (QED) is 0.654. The van der Waals surface area contributed by atoms with Crippen molar-refractivity contribution in [1.29, 1.82) is 0 Å². The van der Waals surface area contributed by atoms with Gasteiger partial charge in [0.25, 0.3) is 0 Å².